The van der Waals surface area contributed by atoms with Gasteiger partial charge in [0, 0.05) is 11.8 Å². The Morgan fingerprint density at radius 1 is 1.00 bits per heavy atom. The molecule has 0 aliphatic heterocycles. The quantitative estimate of drug-likeness (QED) is 0.719. The van der Waals surface area contributed by atoms with Gasteiger partial charge in [-0.3, -0.25) is 4.98 Å². The third kappa shape index (κ3) is 1.52. The Kier molecular flexibility index (Phi) is 2.07. The molecule has 2 N–H and O–H groups in total. The summed E-state index contributed by atoms with van der Waals surface area (Å²) in [5, 5.41) is 18.8. The number of benzene rings is 1. The van der Waals surface area contributed by atoms with Crippen LogP contribution in [0.4, 0.5) is 0 Å². The third-order valence-corrected chi connectivity index (χ3v) is 1.91. The van der Waals surface area contributed by atoms with Gasteiger partial charge >= 0.3 is 0 Å². The number of hydrogen-bond donors (Lipinski definition) is 2. The van der Waals surface area contributed by atoms with Crippen molar-refractivity contribution >= 4 is 0 Å². The number of rotatable bonds is 1. The van der Waals surface area contributed by atoms with Crippen LogP contribution in [0.1, 0.15) is 0 Å². The molecule has 0 unspecified atom stereocenters. The minimum absolute atomic E-state index is 0.109. The molecular formula is C11H9NO2. The lowest BCUT2D eigenvalue weighted by Gasteiger charge is -2.02. The summed E-state index contributed by atoms with van der Waals surface area (Å²) in [4.78, 5) is 4.03. The highest BCUT2D eigenvalue weighted by molar-refractivity contribution is 5.66. The van der Waals surface area contributed by atoms with Crippen LogP contribution < -0.4 is 0 Å². The van der Waals surface area contributed by atoms with E-state index in [0.717, 1.165) is 0 Å². The van der Waals surface area contributed by atoms with E-state index in [2.05, 4.69) is 4.98 Å². The van der Waals surface area contributed by atoms with Gasteiger partial charge < -0.3 is 10.2 Å². The molecule has 0 saturated heterocycles. The fourth-order valence-electron chi connectivity index (χ4n) is 1.27. The maximum atomic E-state index is 9.51. The lowest BCUT2D eigenvalue weighted by Crippen LogP contribution is -1.82. The van der Waals surface area contributed by atoms with Crippen molar-refractivity contribution in [3.05, 3.63) is 42.6 Å². The number of nitrogens with zero attached hydrogens (tertiary/aromatic N) is 1. The second-order valence-electron chi connectivity index (χ2n) is 2.92. The van der Waals surface area contributed by atoms with Gasteiger partial charge in [-0.25, -0.2) is 0 Å². The minimum atomic E-state index is 0.109. The lowest BCUT2D eigenvalue weighted by molar-refractivity contribution is 0.473. The van der Waals surface area contributed by atoms with E-state index in [1.165, 1.54) is 0 Å². The Bertz CT molecular complexity index is 455. The van der Waals surface area contributed by atoms with Crippen molar-refractivity contribution in [2.45, 2.75) is 0 Å². The minimum Gasteiger partial charge on any atom is -0.508 e. The molecule has 3 heteroatoms. The first kappa shape index (κ1) is 8.56. The van der Waals surface area contributed by atoms with Crippen molar-refractivity contribution in [3.8, 4) is 22.8 Å². The molecule has 1 aromatic heterocycles. The van der Waals surface area contributed by atoms with Crippen molar-refractivity contribution in [2.75, 3.05) is 0 Å². The molecule has 0 aliphatic carbocycles. The zero-order valence-electron chi connectivity index (χ0n) is 7.38. The standard InChI is InChI=1S/C11H9NO2/c13-9-4-1-3-8(7-9)11-10(14)5-2-6-12-11/h1-7,13-14H. The molecule has 2 aromatic rings. The van der Waals surface area contributed by atoms with E-state index in [1.807, 2.05) is 0 Å². The van der Waals surface area contributed by atoms with Gasteiger partial charge in [0.25, 0.3) is 0 Å². The molecule has 0 atom stereocenters. The summed E-state index contributed by atoms with van der Waals surface area (Å²) < 4.78 is 0. The summed E-state index contributed by atoms with van der Waals surface area (Å²) in [6.07, 6.45) is 1.60. The Morgan fingerprint density at radius 2 is 1.86 bits per heavy atom. The Balaban J connectivity index is 2.55. The molecule has 70 valence electrons. The topological polar surface area (TPSA) is 53.4 Å². The van der Waals surface area contributed by atoms with Gasteiger partial charge in [0.2, 0.25) is 0 Å². The molecule has 3 nitrogen and oxygen atoms in total. The highest BCUT2D eigenvalue weighted by Gasteiger charge is 2.04. The SMILES string of the molecule is Oc1cccc(-c2ncccc2O)c1. The molecule has 0 aliphatic rings. The van der Waals surface area contributed by atoms with Crippen LogP contribution in [-0.2, 0) is 0 Å². The van der Waals surface area contributed by atoms with E-state index in [1.54, 1.807) is 42.6 Å². The number of phenolic OH excluding ortho intramolecular Hbond substituents is 1. The first-order valence-electron chi connectivity index (χ1n) is 4.21. The van der Waals surface area contributed by atoms with Crippen molar-refractivity contribution in [2.24, 2.45) is 0 Å². The average molecular weight is 187 g/mol. The average Bonchev–Trinajstić information content (AvgIpc) is 2.18. The summed E-state index contributed by atoms with van der Waals surface area (Å²) in [7, 11) is 0. The smallest absolute Gasteiger partial charge is 0.141 e. The van der Waals surface area contributed by atoms with Gasteiger partial charge in [0.1, 0.15) is 17.2 Å². The van der Waals surface area contributed by atoms with Crippen LogP contribution in [-0.4, -0.2) is 15.2 Å². The summed E-state index contributed by atoms with van der Waals surface area (Å²) in [5.41, 5.74) is 1.17. The van der Waals surface area contributed by atoms with E-state index in [-0.39, 0.29) is 11.5 Å². The van der Waals surface area contributed by atoms with E-state index in [9.17, 15) is 10.2 Å². The summed E-state index contributed by atoms with van der Waals surface area (Å²) in [6, 6.07) is 9.83. The molecule has 0 bridgehead atoms. The Labute approximate surface area is 81.3 Å². The number of phenols is 1. The molecule has 1 aromatic carbocycles. The van der Waals surface area contributed by atoms with Crippen LogP contribution in [0.2, 0.25) is 0 Å². The molecule has 14 heavy (non-hydrogen) atoms. The van der Waals surface area contributed by atoms with Crippen LogP contribution in [0.25, 0.3) is 11.3 Å². The Hall–Kier alpha value is -2.03. The largest absolute Gasteiger partial charge is 0.508 e. The molecule has 0 saturated carbocycles. The Morgan fingerprint density at radius 3 is 2.57 bits per heavy atom. The number of hydrogen-bond acceptors (Lipinski definition) is 3. The maximum Gasteiger partial charge on any atom is 0.141 e. The van der Waals surface area contributed by atoms with Crippen molar-refractivity contribution in [1.82, 2.24) is 4.98 Å². The van der Waals surface area contributed by atoms with E-state index >= 15 is 0 Å². The molecule has 2 rings (SSSR count). The normalized spacial score (nSPS) is 10.0. The van der Waals surface area contributed by atoms with E-state index in [4.69, 9.17) is 0 Å². The van der Waals surface area contributed by atoms with Crippen LogP contribution in [0.5, 0.6) is 11.5 Å². The zero-order chi connectivity index (χ0) is 9.97. The van der Waals surface area contributed by atoms with E-state index in [0.29, 0.717) is 11.3 Å². The van der Waals surface area contributed by atoms with Gasteiger partial charge in [-0.05, 0) is 24.3 Å². The molecule has 0 amide bonds. The first-order valence-corrected chi connectivity index (χ1v) is 4.21. The number of pyridine rings is 1. The molecular weight excluding hydrogens is 178 g/mol. The number of aromatic nitrogens is 1. The fourth-order valence-corrected chi connectivity index (χ4v) is 1.27. The van der Waals surface area contributed by atoms with Crippen molar-refractivity contribution in [1.29, 1.82) is 0 Å². The second-order valence-corrected chi connectivity index (χ2v) is 2.92. The summed E-state index contributed by atoms with van der Waals surface area (Å²) in [5.74, 6) is 0.269. The van der Waals surface area contributed by atoms with Gasteiger partial charge in [0.05, 0.1) is 0 Å². The van der Waals surface area contributed by atoms with E-state index < -0.39 is 0 Å². The fraction of sp³-hybridized carbons (Fsp3) is 0. The summed E-state index contributed by atoms with van der Waals surface area (Å²) >= 11 is 0. The van der Waals surface area contributed by atoms with Gasteiger partial charge in [-0.1, -0.05) is 12.1 Å². The van der Waals surface area contributed by atoms with Crippen molar-refractivity contribution < 1.29 is 10.2 Å². The third-order valence-electron chi connectivity index (χ3n) is 1.91. The molecule has 0 radical (unpaired) electrons. The van der Waals surface area contributed by atoms with Crippen LogP contribution in [0.15, 0.2) is 42.6 Å². The van der Waals surface area contributed by atoms with Gasteiger partial charge in [-0.15, -0.1) is 0 Å². The van der Waals surface area contributed by atoms with Crippen LogP contribution in [0.3, 0.4) is 0 Å². The predicted molar refractivity (Wildman–Crippen MR) is 53.0 cm³/mol. The lowest BCUT2D eigenvalue weighted by atomic mass is 10.1. The highest BCUT2D eigenvalue weighted by atomic mass is 16.3. The van der Waals surface area contributed by atoms with Crippen LogP contribution >= 0.6 is 0 Å². The molecule has 1 heterocycles. The van der Waals surface area contributed by atoms with Gasteiger partial charge in [-0.2, -0.15) is 0 Å². The predicted octanol–water partition coefficient (Wildman–Crippen LogP) is 2.16. The summed E-state index contributed by atoms with van der Waals surface area (Å²) in [6.45, 7) is 0. The first-order chi connectivity index (χ1) is 6.77. The molecule has 0 fully saturated rings. The van der Waals surface area contributed by atoms with Crippen molar-refractivity contribution in [3.63, 3.8) is 0 Å². The number of aromatic hydroxyl groups is 2. The highest BCUT2D eigenvalue weighted by Crippen LogP contribution is 2.27. The van der Waals surface area contributed by atoms with Gasteiger partial charge in [0.15, 0.2) is 0 Å². The maximum absolute atomic E-state index is 9.51. The second kappa shape index (κ2) is 3.38. The van der Waals surface area contributed by atoms with Crippen LogP contribution in [0, 0.1) is 0 Å². The monoisotopic (exact) mass is 187 g/mol. The molecule has 0 spiro atoms. The zero-order valence-corrected chi connectivity index (χ0v) is 7.38.